The van der Waals surface area contributed by atoms with E-state index < -0.39 is 10.1 Å². The molecule has 1 unspecified atom stereocenters. The van der Waals surface area contributed by atoms with E-state index >= 15 is 0 Å². The van der Waals surface area contributed by atoms with Gasteiger partial charge >= 0.3 is 0 Å². The lowest BCUT2D eigenvalue weighted by molar-refractivity contribution is 0.304. The smallest absolute Gasteiger partial charge is 0.264 e. The van der Waals surface area contributed by atoms with Gasteiger partial charge in [0, 0.05) is 5.54 Å². The summed E-state index contributed by atoms with van der Waals surface area (Å²) in [6, 6.07) is 0. The maximum atomic E-state index is 10.7. The monoisotopic (exact) mass is 249 g/mol. The molecule has 1 aliphatic rings. The largest absolute Gasteiger partial charge is 0.312 e. The van der Waals surface area contributed by atoms with Crippen molar-refractivity contribution in [2.45, 2.75) is 45.1 Å². The first-order valence-corrected chi connectivity index (χ1v) is 7.70. The summed E-state index contributed by atoms with van der Waals surface area (Å²) in [6.45, 7) is 5.85. The average Bonchev–Trinajstić information content (AvgIpc) is 2.43. The van der Waals surface area contributed by atoms with E-state index in [1.165, 1.54) is 6.42 Å². The van der Waals surface area contributed by atoms with Gasteiger partial charge < -0.3 is 5.32 Å². The first-order chi connectivity index (χ1) is 7.29. The standard InChI is InChI=1S/C11H23NO3S/c1-11(2)8-10(9-12-11)6-4-5-7-15-16(3,13)14/h10,12H,4-9H2,1-3H3. The quantitative estimate of drug-likeness (QED) is 0.573. The van der Waals surface area contributed by atoms with Crippen LogP contribution in [0.1, 0.15) is 39.5 Å². The molecule has 1 saturated heterocycles. The predicted molar refractivity (Wildman–Crippen MR) is 64.8 cm³/mol. The normalized spacial score (nSPS) is 24.8. The van der Waals surface area contributed by atoms with Crippen LogP contribution in [-0.4, -0.2) is 33.4 Å². The highest BCUT2D eigenvalue weighted by Crippen LogP contribution is 2.26. The summed E-state index contributed by atoms with van der Waals surface area (Å²) >= 11 is 0. The molecule has 96 valence electrons. The van der Waals surface area contributed by atoms with Crippen molar-refractivity contribution in [3.63, 3.8) is 0 Å². The molecule has 5 heteroatoms. The third kappa shape index (κ3) is 5.82. The molecule has 1 rings (SSSR count). The van der Waals surface area contributed by atoms with Crippen molar-refractivity contribution in [1.82, 2.24) is 5.32 Å². The van der Waals surface area contributed by atoms with E-state index in [-0.39, 0.29) is 5.54 Å². The summed E-state index contributed by atoms with van der Waals surface area (Å²) < 4.78 is 26.1. The molecular weight excluding hydrogens is 226 g/mol. The molecule has 0 aliphatic carbocycles. The molecule has 1 atom stereocenters. The number of unbranched alkanes of at least 4 members (excludes halogenated alkanes) is 1. The first-order valence-electron chi connectivity index (χ1n) is 5.88. The van der Waals surface area contributed by atoms with Crippen LogP contribution >= 0.6 is 0 Å². The Labute approximate surface area is 98.9 Å². The zero-order chi connectivity index (χ0) is 12.2. The van der Waals surface area contributed by atoms with E-state index in [4.69, 9.17) is 4.18 Å². The maximum absolute atomic E-state index is 10.7. The number of nitrogens with one attached hydrogen (secondary N) is 1. The van der Waals surface area contributed by atoms with Crippen molar-refractivity contribution in [1.29, 1.82) is 0 Å². The summed E-state index contributed by atoms with van der Waals surface area (Å²) in [6.07, 6.45) is 5.32. The molecule has 0 amide bonds. The molecule has 0 radical (unpaired) electrons. The van der Waals surface area contributed by atoms with E-state index in [9.17, 15) is 8.42 Å². The summed E-state index contributed by atoms with van der Waals surface area (Å²) in [5.74, 6) is 0.730. The van der Waals surface area contributed by atoms with Crippen LogP contribution in [0, 0.1) is 5.92 Å². The highest BCUT2D eigenvalue weighted by Gasteiger charge is 2.29. The van der Waals surface area contributed by atoms with E-state index in [1.54, 1.807) is 0 Å². The summed E-state index contributed by atoms with van der Waals surface area (Å²) in [7, 11) is -3.25. The lowest BCUT2D eigenvalue weighted by Gasteiger charge is -2.17. The topological polar surface area (TPSA) is 55.4 Å². The Kier molecular flexibility index (Phi) is 4.76. The van der Waals surface area contributed by atoms with Gasteiger partial charge in [0.25, 0.3) is 10.1 Å². The molecule has 0 spiro atoms. The van der Waals surface area contributed by atoms with E-state index in [0.717, 1.165) is 38.0 Å². The molecule has 0 aromatic rings. The summed E-state index contributed by atoms with van der Waals surface area (Å²) in [4.78, 5) is 0. The van der Waals surface area contributed by atoms with Crippen molar-refractivity contribution >= 4 is 10.1 Å². The Hall–Kier alpha value is -0.130. The molecule has 16 heavy (non-hydrogen) atoms. The molecule has 1 heterocycles. The van der Waals surface area contributed by atoms with Gasteiger partial charge in [0.1, 0.15) is 0 Å². The second-order valence-corrected chi connectivity index (χ2v) is 7.00. The van der Waals surface area contributed by atoms with Gasteiger partial charge in [-0.1, -0.05) is 6.42 Å². The Morgan fingerprint density at radius 2 is 2.06 bits per heavy atom. The van der Waals surface area contributed by atoms with Crippen molar-refractivity contribution < 1.29 is 12.6 Å². The number of hydrogen-bond acceptors (Lipinski definition) is 4. The fraction of sp³-hybridized carbons (Fsp3) is 1.00. The fourth-order valence-electron chi connectivity index (χ4n) is 2.24. The SMILES string of the molecule is CC1(C)CC(CCCCOS(C)(=O)=O)CN1. The predicted octanol–water partition coefficient (Wildman–Crippen LogP) is 1.52. The van der Waals surface area contributed by atoms with Crippen molar-refractivity contribution in [2.24, 2.45) is 5.92 Å². The Morgan fingerprint density at radius 1 is 1.38 bits per heavy atom. The minimum atomic E-state index is -3.25. The van der Waals surface area contributed by atoms with Gasteiger partial charge in [-0.3, -0.25) is 4.18 Å². The van der Waals surface area contributed by atoms with Crippen LogP contribution < -0.4 is 5.32 Å². The molecule has 0 saturated carbocycles. The molecule has 0 bridgehead atoms. The lowest BCUT2D eigenvalue weighted by Crippen LogP contribution is -2.31. The van der Waals surface area contributed by atoms with Crippen molar-refractivity contribution in [2.75, 3.05) is 19.4 Å². The average molecular weight is 249 g/mol. The van der Waals surface area contributed by atoms with Gasteiger partial charge in [-0.2, -0.15) is 8.42 Å². The Bertz CT molecular complexity index is 311. The molecule has 4 nitrogen and oxygen atoms in total. The molecule has 1 fully saturated rings. The Balaban J connectivity index is 2.05. The summed E-state index contributed by atoms with van der Waals surface area (Å²) in [5.41, 5.74) is 0.272. The van der Waals surface area contributed by atoms with Crippen LogP contribution in [0.15, 0.2) is 0 Å². The van der Waals surface area contributed by atoms with Gasteiger partial charge in [-0.15, -0.1) is 0 Å². The van der Waals surface area contributed by atoms with Crippen LogP contribution in [0.2, 0.25) is 0 Å². The van der Waals surface area contributed by atoms with E-state index in [2.05, 4.69) is 19.2 Å². The summed E-state index contributed by atoms with van der Waals surface area (Å²) in [5, 5.41) is 3.48. The minimum absolute atomic E-state index is 0.272. The van der Waals surface area contributed by atoms with Gasteiger partial charge in [0.15, 0.2) is 0 Å². The molecular formula is C11H23NO3S. The molecule has 1 N–H and O–H groups in total. The van der Waals surface area contributed by atoms with Gasteiger partial charge in [-0.05, 0) is 45.6 Å². The first kappa shape index (κ1) is 13.9. The maximum Gasteiger partial charge on any atom is 0.264 e. The second-order valence-electron chi connectivity index (χ2n) is 5.36. The lowest BCUT2D eigenvalue weighted by atomic mass is 9.93. The van der Waals surface area contributed by atoms with Crippen LogP contribution in [-0.2, 0) is 14.3 Å². The zero-order valence-corrected chi connectivity index (χ0v) is 11.3. The van der Waals surface area contributed by atoms with E-state index in [0.29, 0.717) is 6.61 Å². The fourth-order valence-corrected chi connectivity index (χ4v) is 2.66. The van der Waals surface area contributed by atoms with Crippen LogP contribution in [0.3, 0.4) is 0 Å². The number of rotatable bonds is 6. The van der Waals surface area contributed by atoms with Crippen LogP contribution in [0.4, 0.5) is 0 Å². The van der Waals surface area contributed by atoms with Gasteiger partial charge in [0.2, 0.25) is 0 Å². The van der Waals surface area contributed by atoms with Crippen LogP contribution in [0.5, 0.6) is 0 Å². The molecule has 1 aliphatic heterocycles. The number of hydrogen-bond donors (Lipinski definition) is 1. The van der Waals surface area contributed by atoms with Gasteiger partial charge in [0.05, 0.1) is 12.9 Å². The third-order valence-electron chi connectivity index (χ3n) is 2.97. The zero-order valence-electron chi connectivity index (χ0n) is 10.5. The van der Waals surface area contributed by atoms with Gasteiger partial charge in [-0.25, -0.2) is 0 Å². The second kappa shape index (κ2) is 5.47. The molecule has 0 aromatic carbocycles. The van der Waals surface area contributed by atoms with Crippen LogP contribution in [0.25, 0.3) is 0 Å². The van der Waals surface area contributed by atoms with E-state index in [1.807, 2.05) is 0 Å². The van der Waals surface area contributed by atoms with Crippen molar-refractivity contribution in [3.05, 3.63) is 0 Å². The highest BCUT2D eigenvalue weighted by atomic mass is 32.2. The van der Waals surface area contributed by atoms with Crippen molar-refractivity contribution in [3.8, 4) is 0 Å². The third-order valence-corrected chi connectivity index (χ3v) is 3.57. The Morgan fingerprint density at radius 3 is 2.56 bits per heavy atom. The minimum Gasteiger partial charge on any atom is -0.312 e. The highest BCUT2D eigenvalue weighted by molar-refractivity contribution is 7.85. The molecule has 0 aromatic heterocycles.